The molecule has 2 rings (SSSR count). The summed E-state index contributed by atoms with van der Waals surface area (Å²) in [6, 6.07) is 5.18. The van der Waals surface area contributed by atoms with Crippen LogP contribution in [0.15, 0.2) is 28.7 Å². The Morgan fingerprint density at radius 1 is 1.19 bits per heavy atom. The van der Waals surface area contributed by atoms with Crippen molar-refractivity contribution in [2.75, 3.05) is 5.73 Å². The lowest BCUT2D eigenvalue weighted by molar-refractivity contribution is -0.274. The molecule has 0 aliphatic heterocycles. The van der Waals surface area contributed by atoms with E-state index < -0.39 is 6.36 Å². The average Bonchev–Trinajstić information content (AvgIpc) is 2.30. The number of hydrogen-bond acceptors (Lipinski definition) is 5. The average molecular weight is 364 g/mol. The summed E-state index contributed by atoms with van der Waals surface area (Å²) in [5.74, 6) is 0.744. The number of anilines is 1. The summed E-state index contributed by atoms with van der Waals surface area (Å²) in [6.45, 7) is 1.64. The van der Waals surface area contributed by atoms with Crippen LogP contribution in [0.3, 0.4) is 0 Å². The number of hydrogen-bond donors (Lipinski definition) is 1. The first-order chi connectivity index (χ1) is 9.73. The van der Waals surface area contributed by atoms with Gasteiger partial charge in [-0.05, 0) is 41.1 Å². The van der Waals surface area contributed by atoms with E-state index in [9.17, 15) is 13.2 Å². The Kier molecular flexibility index (Phi) is 4.21. The number of aromatic nitrogens is 2. The van der Waals surface area contributed by atoms with E-state index in [0.29, 0.717) is 5.82 Å². The zero-order valence-electron chi connectivity index (χ0n) is 10.6. The van der Waals surface area contributed by atoms with Crippen LogP contribution in [0.4, 0.5) is 19.0 Å². The summed E-state index contributed by atoms with van der Waals surface area (Å²) < 4.78 is 45.8. The van der Waals surface area contributed by atoms with Crippen molar-refractivity contribution >= 4 is 21.7 Å². The van der Waals surface area contributed by atoms with E-state index in [1.807, 2.05) is 0 Å². The molecule has 0 saturated heterocycles. The summed E-state index contributed by atoms with van der Waals surface area (Å²) in [5, 5.41) is 0. The molecule has 1 aromatic carbocycles. The molecule has 2 aromatic rings. The third-order valence-electron chi connectivity index (χ3n) is 2.19. The second-order valence-corrected chi connectivity index (χ2v) is 4.77. The van der Waals surface area contributed by atoms with E-state index in [4.69, 9.17) is 10.5 Å². The van der Waals surface area contributed by atoms with Gasteiger partial charge >= 0.3 is 6.36 Å². The number of aryl methyl sites for hydroxylation is 1. The van der Waals surface area contributed by atoms with Gasteiger partial charge in [-0.2, -0.15) is 4.98 Å². The number of nitrogen functional groups attached to an aromatic ring is 1. The van der Waals surface area contributed by atoms with E-state index in [1.165, 1.54) is 18.2 Å². The lowest BCUT2D eigenvalue weighted by atomic mass is 10.3. The van der Waals surface area contributed by atoms with Crippen molar-refractivity contribution in [1.82, 2.24) is 9.97 Å². The monoisotopic (exact) mass is 363 g/mol. The van der Waals surface area contributed by atoms with Crippen LogP contribution in [-0.2, 0) is 0 Å². The van der Waals surface area contributed by atoms with Gasteiger partial charge in [0.15, 0.2) is 0 Å². The predicted octanol–water partition coefficient (Wildman–Crippen LogP) is 3.82. The minimum absolute atomic E-state index is 0.0936. The molecule has 2 N–H and O–H groups in total. The number of halogens is 4. The van der Waals surface area contributed by atoms with Gasteiger partial charge in [-0.3, -0.25) is 0 Å². The van der Waals surface area contributed by atoms with Gasteiger partial charge in [0.05, 0.1) is 4.47 Å². The van der Waals surface area contributed by atoms with Gasteiger partial charge in [0.2, 0.25) is 5.88 Å². The van der Waals surface area contributed by atoms with Crippen LogP contribution in [-0.4, -0.2) is 16.3 Å². The number of nitrogens with two attached hydrogens (primary N) is 1. The van der Waals surface area contributed by atoms with E-state index in [1.54, 1.807) is 6.92 Å². The molecule has 0 spiro atoms. The van der Waals surface area contributed by atoms with Gasteiger partial charge in [0, 0.05) is 6.07 Å². The van der Waals surface area contributed by atoms with Gasteiger partial charge in [-0.25, -0.2) is 4.98 Å². The second kappa shape index (κ2) is 5.76. The summed E-state index contributed by atoms with van der Waals surface area (Å²) in [6.07, 6.45) is -4.76. The molecule has 1 aromatic heterocycles. The normalized spacial score (nSPS) is 11.3. The molecule has 9 heteroatoms. The Hall–Kier alpha value is -2.03. The number of alkyl halides is 3. The van der Waals surface area contributed by atoms with Gasteiger partial charge in [0.1, 0.15) is 23.1 Å². The quantitative estimate of drug-likeness (QED) is 0.897. The molecular formula is C12H9BrF3N3O2. The Bertz CT molecular complexity index is 644. The molecule has 112 valence electrons. The molecule has 5 nitrogen and oxygen atoms in total. The fourth-order valence-corrected chi connectivity index (χ4v) is 1.93. The van der Waals surface area contributed by atoms with E-state index >= 15 is 0 Å². The van der Waals surface area contributed by atoms with Crippen LogP contribution in [0, 0.1) is 6.92 Å². The highest BCUT2D eigenvalue weighted by Gasteiger charge is 2.32. The third kappa shape index (κ3) is 4.48. The molecule has 0 fully saturated rings. The molecule has 0 aliphatic rings. The molecular weight excluding hydrogens is 355 g/mol. The Labute approximate surface area is 126 Å². The molecule has 0 radical (unpaired) electrons. The van der Waals surface area contributed by atoms with Crippen molar-refractivity contribution in [1.29, 1.82) is 0 Å². The molecule has 0 aliphatic carbocycles. The zero-order chi connectivity index (χ0) is 15.6. The summed E-state index contributed by atoms with van der Waals surface area (Å²) >= 11 is 2.98. The minimum Gasteiger partial charge on any atom is -0.439 e. The Balaban J connectivity index is 2.20. The molecule has 21 heavy (non-hydrogen) atoms. The van der Waals surface area contributed by atoms with Crippen molar-refractivity contribution in [3.8, 4) is 17.4 Å². The molecule has 0 unspecified atom stereocenters. The highest BCUT2D eigenvalue weighted by Crippen LogP contribution is 2.34. The number of ether oxygens (including phenoxy) is 2. The molecule has 0 atom stereocenters. The Morgan fingerprint density at radius 2 is 1.90 bits per heavy atom. The van der Waals surface area contributed by atoms with Crippen LogP contribution in [0.1, 0.15) is 5.82 Å². The van der Waals surface area contributed by atoms with Crippen molar-refractivity contribution in [3.63, 3.8) is 0 Å². The van der Waals surface area contributed by atoms with Gasteiger partial charge in [0.25, 0.3) is 0 Å². The van der Waals surface area contributed by atoms with Gasteiger partial charge in [-0.15, -0.1) is 13.2 Å². The largest absolute Gasteiger partial charge is 0.573 e. The van der Waals surface area contributed by atoms with Crippen molar-refractivity contribution in [2.24, 2.45) is 0 Å². The Morgan fingerprint density at radius 3 is 2.48 bits per heavy atom. The maximum atomic E-state index is 12.2. The highest BCUT2D eigenvalue weighted by molar-refractivity contribution is 9.10. The molecule has 0 bridgehead atoms. The highest BCUT2D eigenvalue weighted by atomic mass is 79.9. The third-order valence-corrected chi connectivity index (χ3v) is 2.81. The molecule has 0 saturated carbocycles. The van der Waals surface area contributed by atoms with E-state index in [-0.39, 0.29) is 27.7 Å². The van der Waals surface area contributed by atoms with Gasteiger partial charge < -0.3 is 15.2 Å². The predicted molar refractivity (Wildman–Crippen MR) is 72.1 cm³/mol. The number of benzene rings is 1. The number of nitrogens with zero attached hydrogens (tertiary/aromatic N) is 2. The first-order valence-electron chi connectivity index (χ1n) is 5.57. The lowest BCUT2D eigenvalue weighted by Crippen LogP contribution is -2.17. The van der Waals surface area contributed by atoms with Crippen LogP contribution < -0.4 is 15.2 Å². The van der Waals surface area contributed by atoms with E-state index in [2.05, 4.69) is 30.6 Å². The smallest absolute Gasteiger partial charge is 0.439 e. The summed E-state index contributed by atoms with van der Waals surface area (Å²) in [7, 11) is 0. The van der Waals surface area contributed by atoms with Gasteiger partial charge in [-0.1, -0.05) is 0 Å². The van der Waals surface area contributed by atoms with Crippen molar-refractivity contribution in [3.05, 3.63) is 34.6 Å². The maximum absolute atomic E-state index is 12.2. The maximum Gasteiger partial charge on any atom is 0.573 e. The van der Waals surface area contributed by atoms with Crippen LogP contribution in [0.25, 0.3) is 0 Å². The fourth-order valence-electron chi connectivity index (χ4n) is 1.49. The first kappa shape index (κ1) is 15.4. The summed E-state index contributed by atoms with van der Waals surface area (Å²) in [4.78, 5) is 7.88. The van der Waals surface area contributed by atoms with Crippen LogP contribution in [0.2, 0.25) is 0 Å². The standard InChI is InChI=1S/C12H9BrF3N3O2/c1-6-18-10(17)5-11(19-6)20-7-2-3-9(8(13)4-7)21-12(14,15)16/h2-5H,1H3,(H2,17,18,19). The second-order valence-electron chi connectivity index (χ2n) is 3.92. The van der Waals surface area contributed by atoms with Crippen molar-refractivity contribution in [2.45, 2.75) is 13.3 Å². The molecule has 1 heterocycles. The first-order valence-corrected chi connectivity index (χ1v) is 6.36. The van der Waals surface area contributed by atoms with Crippen molar-refractivity contribution < 1.29 is 22.6 Å². The minimum atomic E-state index is -4.76. The number of rotatable bonds is 3. The van der Waals surface area contributed by atoms with Crippen LogP contribution >= 0.6 is 15.9 Å². The topological polar surface area (TPSA) is 70.3 Å². The summed E-state index contributed by atoms with van der Waals surface area (Å²) in [5.41, 5.74) is 5.55. The molecule has 0 amide bonds. The van der Waals surface area contributed by atoms with Crippen LogP contribution in [0.5, 0.6) is 17.4 Å². The fraction of sp³-hybridized carbons (Fsp3) is 0.167. The SMILES string of the molecule is Cc1nc(N)cc(Oc2ccc(OC(F)(F)F)c(Br)c2)n1. The lowest BCUT2D eigenvalue weighted by Gasteiger charge is -2.12. The van der Waals surface area contributed by atoms with E-state index in [0.717, 1.165) is 6.07 Å². The zero-order valence-corrected chi connectivity index (χ0v) is 12.2.